The largest absolute Gasteiger partial charge is 0.491 e. The topological polar surface area (TPSA) is 110 Å². The van der Waals surface area contributed by atoms with Gasteiger partial charge < -0.3 is 15.0 Å². The first-order valence-corrected chi connectivity index (χ1v) is 12.7. The zero-order valence-corrected chi connectivity index (χ0v) is 19.8. The fourth-order valence-corrected chi connectivity index (χ4v) is 4.47. The minimum absolute atomic E-state index is 0.0357. The molecule has 2 heterocycles. The summed E-state index contributed by atoms with van der Waals surface area (Å²) in [6.45, 7) is 3.87. The van der Waals surface area contributed by atoms with Crippen molar-refractivity contribution in [2.24, 2.45) is 0 Å². The van der Waals surface area contributed by atoms with Gasteiger partial charge in [-0.1, -0.05) is 12.1 Å². The van der Waals surface area contributed by atoms with Gasteiger partial charge in [0.25, 0.3) is 11.5 Å². The molecular weight excluding hydrogens is 454 g/mol. The number of carbonyl (C=O) groups is 1. The van der Waals surface area contributed by atoms with Crippen LogP contribution in [0.1, 0.15) is 29.9 Å². The van der Waals surface area contributed by atoms with E-state index in [-0.39, 0.29) is 23.1 Å². The molecule has 4 rings (SSSR count). The SMILES string of the molecule is CC(C)Oc1ccc(-n2c(=O)ccc3cc(C(=O)Nc4cccc(CS(C)(=O)=O)c4)[nH]c32)cc1. The van der Waals surface area contributed by atoms with E-state index in [4.69, 9.17) is 4.74 Å². The Labute approximate surface area is 197 Å². The number of carbonyl (C=O) groups excluding carboxylic acids is 1. The van der Waals surface area contributed by atoms with Crippen LogP contribution in [0.25, 0.3) is 16.7 Å². The third kappa shape index (κ3) is 5.37. The summed E-state index contributed by atoms with van der Waals surface area (Å²) >= 11 is 0. The van der Waals surface area contributed by atoms with E-state index in [9.17, 15) is 18.0 Å². The van der Waals surface area contributed by atoms with Gasteiger partial charge in [0.05, 0.1) is 17.5 Å². The number of ether oxygens (including phenoxy) is 1. The monoisotopic (exact) mass is 479 g/mol. The number of H-pyrrole nitrogens is 1. The van der Waals surface area contributed by atoms with Crippen molar-refractivity contribution in [1.82, 2.24) is 9.55 Å². The van der Waals surface area contributed by atoms with E-state index in [2.05, 4.69) is 10.3 Å². The number of aromatic amines is 1. The summed E-state index contributed by atoms with van der Waals surface area (Å²) in [6, 6.07) is 18.6. The third-order valence-corrected chi connectivity index (χ3v) is 5.86. The van der Waals surface area contributed by atoms with Crippen LogP contribution in [0.3, 0.4) is 0 Å². The average Bonchev–Trinajstić information content (AvgIpc) is 3.18. The summed E-state index contributed by atoms with van der Waals surface area (Å²) in [5.74, 6) is 0.173. The van der Waals surface area contributed by atoms with E-state index in [1.165, 1.54) is 10.6 Å². The Kier molecular flexibility index (Phi) is 6.30. The molecule has 0 radical (unpaired) electrons. The van der Waals surface area contributed by atoms with E-state index < -0.39 is 15.7 Å². The molecule has 34 heavy (non-hydrogen) atoms. The number of benzene rings is 2. The number of pyridine rings is 1. The maximum atomic E-state index is 12.9. The Morgan fingerprint density at radius 3 is 2.47 bits per heavy atom. The molecule has 2 aromatic heterocycles. The molecule has 0 fully saturated rings. The summed E-state index contributed by atoms with van der Waals surface area (Å²) in [6.07, 6.45) is 1.20. The average molecular weight is 480 g/mol. The van der Waals surface area contributed by atoms with Crippen LogP contribution < -0.4 is 15.6 Å². The Bertz CT molecular complexity index is 1520. The van der Waals surface area contributed by atoms with Crippen molar-refractivity contribution in [3.05, 3.63) is 88.3 Å². The second-order valence-electron chi connectivity index (χ2n) is 8.38. The molecule has 9 heteroatoms. The molecule has 2 aromatic carbocycles. The zero-order chi connectivity index (χ0) is 24.5. The molecule has 0 aliphatic carbocycles. The predicted octanol–water partition coefficient (Wildman–Crippen LogP) is 3.90. The van der Waals surface area contributed by atoms with Crippen molar-refractivity contribution in [2.45, 2.75) is 25.7 Å². The first-order valence-electron chi connectivity index (χ1n) is 10.7. The lowest BCUT2D eigenvalue weighted by molar-refractivity contribution is 0.102. The number of fused-ring (bicyclic) bond motifs is 1. The van der Waals surface area contributed by atoms with Crippen LogP contribution in [0.4, 0.5) is 5.69 Å². The van der Waals surface area contributed by atoms with E-state index in [1.807, 2.05) is 13.8 Å². The molecule has 1 amide bonds. The second kappa shape index (κ2) is 9.18. The quantitative estimate of drug-likeness (QED) is 0.418. The van der Waals surface area contributed by atoms with Gasteiger partial charge in [0, 0.05) is 23.4 Å². The van der Waals surface area contributed by atoms with Crippen LogP contribution in [0.5, 0.6) is 5.75 Å². The molecule has 4 aromatic rings. The van der Waals surface area contributed by atoms with E-state index in [0.29, 0.717) is 33.7 Å². The highest BCUT2D eigenvalue weighted by Crippen LogP contribution is 2.21. The highest BCUT2D eigenvalue weighted by molar-refractivity contribution is 7.89. The molecule has 0 saturated heterocycles. The lowest BCUT2D eigenvalue weighted by atomic mass is 10.2. The molecule has 8 nitrogen and oxygen atoms in total. The third-order valence-electron chi connectivity index (χ3n) is 5.00. The van der Waals surface area contributed by atoms with Crippen LogP contribution in [0, 0.1) is 0 Å². The predicted molar refractivity (Wildman–Crippen MR) is 133 cm³/mol. The molecule has 0 saturated carbocycles. The molecule has 0 unspecified atom stereocenters. The Hall–Kier alpha value is -3.85. The van der Waals surface area contributed by atoms with Gasteiger partial charge in [-0.2, -0.15) is 0 Å². The smallest absolute Gasteiger partial charge is 0.272 e. The van der Waals surface area contributed by atoms with Gasteiger partial charge in [-0.3, -0.25) is 14.2 Å². The highest BCUT2D eigenvalue weighted by atomic mass is 32.2. The van der Waals surface area contributed by atoms with Crippen LogP contribution in [-0.4, -0.2) is 36.2 Å². The van der Waals surface area contributed by atoms with Gasteiger partial charge in [0.2, 0.25) is 0 Å². The standard InChI is InChI=1S/C25H25N3O5S/c1-16(2)33-21-10-8-20(9-11-21)28-23(29)12-7-18-14-22(27-24(18)28)25(30)26-19-6-4-5-17(13-19)15-34(3,31)32/h4-14,16,27H,15H2,1-3H3,(H,26,30). The lowest BCUT2D eigenvalue weighted by Crippen LogP contribution is -2.18. The number of sulfone groups is 1. The lowest BCUT2D eigenvalue weighted by Gasteiger charge is -2.11. The van der Waals surface area contributed by atoms with Crippen molar-refractivity contribution < 1.29 is 17.9 Å². The van der Waals surface area contributed by atoms with Gasteiger partial charge in [-0.15, -0.1) is 0 Å². The fraction of sp³-hybridized carbons (Fsp3) is 0.200. The number of aromatic nitrogens is 2. The maximum Gasteiger partial charge on any atom is 0.272 e. The Morgan fingerprint density at radius 2 is 1.79 bits per heavy atom. The molecule has 2 N–H and O–H groups in total. The zero-order valence-electron chi connectivity index (χ0n) is 19.0. The van der Waals surface area contributed by atoms with Crippen molar-refractivity contribution in [2.75, 3.05) is 11.6 Å². The van der Waals surface area contributed by atoms with Gasteiger partial charge in [-0.25, -0.2) is 8.42 Å². The summed E-state index contributed by atoms with van der Waals surface area (Å²) in [5.41, 5.74) is 2.20. The number of nitrogens with one attached hydrogen (secondary N) is 2. The second-order valence-corrected chi connectivity index (χ2v) is 10.5. The first-order chi connectivity index (χ1) is 16.1. The molecule has 0 atom stereocenters. The molecule has 0 bridgehead atoms. The number of rotatable bonds is 7. The van der Waals surface area contributed by atoms with Gasteiger partial charge in [0.1, 0.15) is 17.1 Å². The summed E-state index contributed by atoms with van der Waals surface area (Å²) in [4.78, 5) is 28.6. The molecule has 0 spiro atoms. The molecule has 0 aliphatic rings. The van der Waals surface area contributed by atoms with Gasteiger partial charge in [0.15, 0.2) is 9.84 Å². The maximum absolute atomic E-state index is 12.9. The first kappa shape index (κ1) is 23.3. The van der Waals surface area contributed by atoms with Crippen LogP contribution >= 0.6 is 0 Å². The molecule has 0 aliphatic heterocycles. The Morgan fingerprint density at radius 1 is 1.06 bits per heavy atom. The number of hydrogen-bond acceptors (Lipinski definition) is 5. The van der Waals surface area contributed by atoms with E-state index in [1.54, 1.807) is 60.7 Å². The van der Waals surface area contributed by atoms with E-state index in [0.717, 1.165) is 6.26 Å². The highest BCUT2D eigenvalue weighted by Gasteiger charge is 2.15. The van der Waals surface area contributed by atoms with Gasteiger partial charge in [-0.05, 0) is 67.9 Å². The minimum Gasteiger partial charge on any atom is -0.491 e. The van der Waals surface area contributed by atoms with Crippen molar-refractivity contribution in [3.63, 3.8) is 0 Å². The molecule has 176 valence electrons. The number of amides is 1. The van der Waals surface area contributed by atoms with Crippen molar-refractivity contribution >= 4 is 32.5 Å². The normalized spacial score (nSPS) is 11.6. The number of anilines is 1. The van der Waals surface area contributed by atoms with Crippen LogP contribution in [0.2, 0.25) is 0 Å². The van der Waals surface area contributed by atoms with Crippen LogP contribution in [-0.2, 0) is 15.6 Å². The van der Waals surface area contributed by atoms with Crippen molar-refractivity contribution in [3.8, 4) is 11.4 Å². The summed E-state index contributed by atoms with van der Waals surface area (Å²) in [7, 11) is -3.20. The summed E-state index contributed by atoms with van der Waals surface area (Å²) in [5, 5.41) is 3.47. The fourth-order valence-electron chi connectivity index (χ4n) is 3.68. The number of hydrogen-bond donors (Lipinski definition) is 2. The Balaban J connectivity index is 1.64. The number of nitrogens with zero attached hydrogens (tertiary/aromatic N) is 1. The summed E-state index contributed by atoms with van der Waals surface area (Å²) < 4.78 is 30.3. The van der Waals surface area contributed by atoms with Crippen molar-refractivity contribution in [1.29, 1.82) is 0 Å². The van der Waals surface area contributed by atoms with E-state index >= 15 is 0 Å². The minimum atomic E-state index is -3.20. The molecular formula is C25H25N3O5S. The van der Waals surface area contributed by atoms with Crippen LogP contribution in [0.15, 0.2) is 71.5 Å². The van der Waals surface area contributed by atoms with Gasteiger partial charge >= 0.3 is 0 Å².